The summed E-state index contributed by atoms with van der Waals surface area (Å²) in [5.74, 6) is 1.27. The second kappa shape index (κ2) is 6.93. The molecule has 0 aliphatic heterocycles. The number of oxazole rings is 1. The summed E-state index contributed by atoms with van der Waals surface area (Å²) in [5.41, 5.74) is 2.14. The highest BCUT2D eigenvalue weighted by Crippen LogP contribution is 2.26. The SMILES string of the molecule is COCCN(Cc1ccccc1Cl)c1ncnc2oc(C)nc12. The van der Waals surface area contributed by atoms with Crippen LogP contribution in [-0.4, -0.2) is 35.2 Å². The first kappa shape index (κ1) is 15.7. The van der Waals surface area contributed by atoms with Crippen molar-refractivity contribution in [3.8, 4) is 0 Å². The van der Waals surface area contributed by atoms with Crippen molar-refractivity contribution in [3.05, 3.63) is 47.1 Å². The van der Waals surface area contributed by atoms with Gasteiger partial charge in [-0.1, -0.05) is 29.8 Å². The highest BCUT2D eigenvalue weighted by Gasteiger charge is 2.17. The molecule has 3 aromatic rings. The number of aryl methyl sites for hydroxylation is 1. The Kier molecular flexibility index (Phi) is 4.73. The minimum atomic E-state index is 0.481. The number of methoxy groups -OCH3 is 1. The standard InChI is InChI=1S/C16H17ClN4O2/c1-11-20-14-15(18-10-19-16(14)23-11)21(7-8-22-2)9-12-5-3-4-6-13(12)17/h3-6,10H,7-9H2,1-2H3. The lowest BCUT2D eigenvalue weighted by atomic mass is 10.2. The molecular formula is C16H17ClN4O2. The summed E-state index contributed by atoms with van der Waals surface area (Å²) >= 11 is 6.29. The van der Waals surface area contributed by atoms with Crippen molar-refractivity contribution in [2.24, 2.45) is 0 Å². The van der Waals surface area contributed by atoms with Gasteiger partial charge in [0.1, 0.15) is 6.33 Å². The summed E-state index contributed by atoms with van der Waals surface area (Å²) in [6.45, 7) is 3.60. The Morgan fingerprint density at radius 1 is 1.26 bits per heavy atom. The lowest BCUT2D eigenvalue weighted by molar-refractivity contribution is 0.205. The molecule has 0 saturated heterocycles. The summed E-state index contributed by atoms with van der Waals surface area (Å²) in [4.78, 5) is 15.0. The smallest absolute Gasteiger partial charge is 0.252 e. The van der Waals surface area contributed by atoms with E-state index in [1.54, 1.807) is 14.0 Å². The van der Waals surface area contributed by atoms with Crippen LogP contribution in [0.2, 0.25) is 5.02 Å². The van der Waals surface area contributed by atoms with Gasteiger partial charge >= 0.3 is 0 Å². The monoisotopic (exact) mass is 332 g/mol. The van der Waals surface area contributed by atoms with Gasteiger partial charge in [0.2, 0.25) is 0 Å². The predicted molar refractivity (Wildman–Crippen MR) is 88.7 cm³/mol. The molecule has 0 atom stereocenters. The number of aromatic nitrogens is 3. The van der Waals surface area contributed by atoms with Crippen LogP contribution < -0.4 is 4.90 Å². The molecule has 0 aliphatic rings. The Bertz CT molecular complexity index is 806. The van der Waals surface area contributed by atoms with Crippen LogP contribution in [-0.2, 0) is 11.3 Å². The van der Waals surface area contributed by atoms with Gasteiger partial charge in [-0.05, 0) is 11.6 Å². The van der Waals surface area contributed by atoms with Crippen LogP contribution in [0, 0.1) is 6.92 Å². The fourth-order valence-corrected chi connectivity index (χ4v) is 2.57. The molecule has 0 aliphatic carbocycles. The van der Waals surface area contributed by atoms with E-state index in [0.29, 0.717) is 42.6 Å². The molecular weight excluding hydrogens is 316 g/mol. The summed E-state index contributed by atoms with van der Waals surface area (Å²) in [6.07, 6.45) is 1.48. The first-order valence-corrected chi connectivity index (χ1v) is 7.62. The molecule has 0 unspecified atom stereocenters. The van der Waals surface area contributed by atoms with Gasteiger partial charge in [-0.25, -0.2) is 9.97 Å². The van der Waals surface area contributed by atoms with E-state index in [4.69, 9.17) is 20.8 Å². The molecule has 6 nitrogen and oxygen atoms in total. The summed E-state index contributed by atoms with van der Waals surface area (Å²) in [5, 5.41) is 0.719. The third kappa shape index (κ3) is 3.43. The van der Waals surface area contributed by atoms with E-state index in [0.717, 1.165) is 10.6 Å². The van der Waals surface area contributed by atoms with Crippen LogP contribution in [0.25, 0.3) is 11.2 Å². The maximum atomic E-state index is 6.29. The van der Waals surface area contributed by atoms with Gasteiger partial charge in [-0.15, -0.1) is 0 Å². The number of benzene rings is 1. The molecule has 0 spiro atoms. The molecule has 2 heterocycles. The highest BCUT2D eigenvalue weighted by atomic mass is 35.5. The molecule has 0 bridgehead atoms. The van der Waals surface area contributed by atoms with Crippen molar-refractivity contribution in [1.29, 1.82) is 0 Å². The zero-order chi connectivity index (χ0) is 16.2. The van der Waals surface area contributed by atoms with E-state index in [1.165, 1.54) is 6.33 Å². The molecule has 0 saturated carbocycles. The van der Waals surface area contributed by atoms with Crippen molar-refractivity contribution in [3.63, 3.8) is 0 Å². The largest absolute Gasteiger partial charge is 0.422 e. The molecule has 7 heteroatoms. The van der Waals surface area contributed by atoms with E-state index in [-0.39, 0.29) is 0 Å². The fraction of sp³-hybridized carbons (Fsp3) is 0.312. The topological polar surface area (TPSA) is 64.3 Å². The van der Waals surface area contributed by atoms with E-state index in [1.807, 2.05) is 24.3 Å². The number of hydrogen-bond acceptors (Lipinski definition) is 6. The number of ether oxygens (including phenoxy) is 1. The molecule has 23 heavy (non-hydrogen) atoms. The van der Waals surface area contributed by atoms with Crippen molar-refractivity contribution < 1.29 is 9.15 Å². The first-order valence-electron chi connectivity index (χ1n) is 7.24. The maximum absolute atomic E-state index is 6.29. The second-order valence-corrected chi connectivity index (χ2v) is 5.50. The zero-order valence-corrected chi connectivity index (χ0v) is 13.7. The number of anilines is 1. The third-order valence-corrected chi connectivity index (χ3v) is 3.84. The van der Waals surface area contributed by atoms with Crippen molar-refractivity contribution in [1.82, 2.24) is 15.0 Å². The van der Waals surface area contributed by atoms with Crippen LogP contribution in [0.4, 0.5) is 5.82 Å². The highest BCUT2D eigenvalue weighted by molar-refractivity contribution is 6.31. The summed E-state index contributed by atoms with van der Waals surface area (Å²) in [7, 11) is 1.67. The Hall–Kier alpha value is -2.18. The molecule has 1 aromatic carbocycles. The van der Waals surface area contributed by atoms with Crippen molar-refractivity contribution in [2.75, 3.05) is 25.2 Å². The number of fused-ring (bicyclic) bond motifs is 1. The number of hydrogen-bond donors (Lipinski definition) is 0. The van der Waals surface area contributed by atoms with E-state index in [9.17, 15) is 0 Å². The molecule has 0 N–H and O–H groups in total. The van der Waals surface area contributed by atoms with Crippen LogP contribution in [0.3, 0.4) is 0 Å². The molecule has 3 rings (SSSR count). The normalized spacial score (nSPS) is 11.1. The number of halogens is 1. The summed E-state index contributed by atoms with van der Waals surface area (Å²) in [6, 6.07) is 7.75. The maximum Gasteiger partial charge on any atom is 0.252 e. The molecule has 2 aromatic heterocycles. The Balaban J connectivity index is 1.99. The van der Waals surface area contributed by atoms with Crippen LogP contribution >= 0.6 is 11.6 Å². The van der Waals surface area contributed by atoms with Gasteiger partial charge in [0, 0.05) is 32.1 Å². The van der Waals surface area contributed by atoms with E-state index < -0.39 is 0 Å². The molecule has 0 amide bonds. The van der Waals surface area contributed by atoms with E-state index in [2.05, 4.69) is 19.9 Å². The van der Waals surface area contributed by atoms with Gasteiger partial charge in [-0.3, -0.25) is 0 Å². The minimum Gasteiger partial charge on any atom is -0.422 e. The number of nitrogens with zero attached hydrogens (tertiary/aromatic N) is 4. The first-order chi connectivity index (χ1) is 11.2. The molecule has 0 radical (unpaired) electrons. The van der Waals surface area contributed by atoms with Gasteiger partial charge in [0.25, 0.3) is 5.71 Å². The lowest BCUT2D eigenvalue weighted by Gasteiger charge is -2.23. The van der Waals surface area contributed by atoms with Crippen LogP contribution in [0.1, 0.15) is 11.5 Å². The third-order valence-electron chi connectivity index (χ3n) is 3.47. The van der Waals surface area contributed by atoms with E-state index >= 15 is 0 Å². The molecule has 0 fully saturated rings. The second-order valence-electron chi connectivity index (χ2n) is 5.09. The van der Waals surface area contributed by atoms with Crippen LogP contribution in [0.5, 0.6) is 0 Å². The fourth-order valence-electron chi connectivity index (χ4n) is 2.37. The van der Waals surface area contributed by atoms with Crippen molar-refractivity contribution >= 4 is 28.6 Å². The predicted octanol–water partition coefficient (Wildman–Crippen LogP) is 3.23. The zero-order valence-electron chi connectivity index (χ0n) is 13.0. The average Bonchev–Trinajstić information content (AvgIpc) is 2.93. The Morgan fingerprint density at radius 2 is 2.09 bits per heavy atom. The van der Waals surface area contributed by atoms with Gasteiger partial charge in [0.15, 0.2) is 17.2 Å². The van der Waals surface area contributed by atoms with Gasteiger partial charge in [-0.2, -0.15) is 4.98 Å². The van der Waals surface area contributed by atoms with Gasteiger partial charge in [0.05, 0.1) is 6.61 Å². The summed E-state index contributed by atoms with van der Waals surface area (Å²) < 4.78 is 10.7. The minimum absolute atomic E-state index is 0.481. The van der Waals surface area contributed by atoms with Crippen LogP contribution in [0.15, 0.2) is 35.0 Å². The lowest BCUT2D eigenvalue weighted by Crippen LogP contribution is -2.28. The Morgan fingerprint density at radius 3 is 2.87 bits per heavy atom. The quantitative estimate of drug-likeness (QED) is 0.690. The number of rotatable bonds is 6. The Labute approximate surface area is 139 Å². The van der Waals surface area contributed by atoms with Gasteiger partial charge < -0.3 is 14.1 Å². The molecule has 120 valence electrons. The van der Waals surface area contributed by atoms with Crippen molar-refractivity contribution in [2.45, 2.75) is 13.5 Å². The average molecular weight is 333 g/mol.